The minimum absolute atomic E-state index is 0.0578. The van der Waals surface area contributed by atoms with Gasteiger partial charge in [-0.1, -0.05) is 0 Å². The molecule has 2 saturated heterocycles. The lowest BCUT2D eigenvalue weighted by atomic mass is 10.1. The van der Waals surface area contributed by atoms with Crippen LogP contribution in [-0.4, -0.2) is 88.2 Å². The summed E-state index contributed by atoms with van der Waals surface area (Å²) in [6.45, 7) is 3.58. The van der Waals surface area contributed by atoms with Crippen molar-refractivity contribution in [3.05, 3.63) is 23.8 Å². The Balaban J connectivity index is 1.36. The van der Waals surface area contributed by atoms with Gasteiger partial charge < -0.3 is 19.1 Å². The lowest BCUT2D eigenvalue weighted by Crippen LogP contribution is -2.52. The molecular weight excluding hydrogens is 396 g/mol. The van der Waals surface area contributed by atoms with Gasteiger partial charge in [0.1, 0.15) is 13.2 Å². The van der Waals surface area contributed by atoms with Gasteiger partial charge in [-0.05, 0) is 30.2 Å². The van der Waals surface area contributed by atoms with Crippen LogP contribution in [-0.2, 0) is 14.6 Å². The van der Waals surface area contributed by atoms with Gasteiger partial charge in [0.15, 0.2) is 21.3 Å². The molecule has 0 spiro atoms. The fraction of sp³-hybridized carbons (Fsp3) is 0.550. The molecule has 0 N–H and O–H groups in total. The van der Waals surface area contributed by atoms with E-state index >= 15 is 0 Å². The van der Waals surface area contributed by atoms with Gasteiger partial charge in [0, 0.05) is 38.3 Å². The molecule has 3 heterocycles. The molecule has 3 aliphatic rings. The first-order valence-corrected chi connectivity index (χ1v) is 11.7. The zero-order valence-electron chi connectivity index (χ0n) is 16.5. The minimum atomic E-state index is -2.89. The smallest absolute Gasteiger partial charge is 0.246 e. The molecule has 0 bridgehead atoms. The van der Waals surface area contributed by atoms with Gasteiger partial charge in [0.05, 0.1) is 18.6 Å². The summed E-state index contributed by atoms with van der Waals surface area (Å²) < 4.78 is 40.0. The second kappa shape index (κ2) is 8.23. The molecule has 3 aliphatic heterocycles. The number of sulfone groups is 1. The van der Waals surface area contributed by atoms with Crippen molar-refractivity contribution in [2.45, 2.75) is 12.5 Å². The Morgan fingerprint density at radius 2 is 1.93 bits per heavy atom. The summed E-state index contributed by atoms with van der Waals surface area (Å²) in [5, 5.41) is 0. The SMILES string of the molecule is COc1cc(/C=C/C(=O)N2CCN(C3CCS(=O)(=O)C3)CC2)cc2c1OCCO2. The number of nitrogens with zero attached hydrogens (tertiary/aromatic N) is 2. The third-order valence-corrected chi connectivity index (χ3v) is 7.37. The van der Waals surface area contributed by atoms with Gasteiger partial charge in [-0.3, -0.25) is 9.69 Å². The van der Waals surface area contributed by atoms with Crippen LogP contribution in [0, 0.1) is 0 Å². The lowest BCUT2D eigenvalue weighted by Gasteiger charge is -2.37. The molecule has 1 aromatic carbocycles. The van der Waals surface area contributed by atoms with Crippen molar-refractivity contribution in [3.8, 4) is 17.2 Å². The number of ether oxygens (including phenoxy) is 3. The molecule has 9 heteroatoms. The van der Waals surface area contributed by atoms with Crippen LogP contribution in [0.1, 0.15) is 12.0 Å². The Morgan fingerprint density at radius 3 is 2.62 bits per heavy atom. The zero-order valence-corrected chi connectivity index (χ0v) is 17.3. The summed E-state index contributed by atoms with van der Waals surface area (Å²) in [6.07, 6.45) is 4.00. The van der Waals surface area contributed by atoms with Crippen LogP contribution in [0.25, 0.3) is 6.08 Å². The molecule has 2 fully saturated rings. The number of benzene rings is 1. The summed E-state index contributed by atoms with van der Waals surface area (Å²) in [6, 6.07) is 3.74. The molecule has 0 saturated carbocycles. The van der Waals surface area contributed by atoms with Crippen LogP contribution in [0.4, 0.5) is 0 Å². The number of rotatable bonds is 4. The van der Waals surface area contributed by atoms with E-state index in [1.54, 1.807) is 24.2 Å². The van der Waals surface area contributed by atoms with Gasteiger partial charge in [-0.25, -0.2) is 8.42 Å². The second-order valence-corrected chi connectivity index (χ2v) is 9.73. The largest absolute Gasteiger partial charge is 0.493 e. The van der Waals surface area contributed by atoms with Crippen molar-refractivity contribution in [2.75, 3.05) is 58.0 Å². The highest BCUT2D eigenvalue weighted by Gasteiger charge is 2.34. The van der Waals surface area contributed by atoms with Crippen molar-refractivity contribution >= 4 is 21.8 Å². The van der Waals surface area contributed by atoms with Gasteiger partial charge in [0.25, 0.3) is 0 Å². The number of hydrogen-bond acceptors (Lipinski definition) is 7. The van der Waals surface area contributed by atoms with Gasteiger partial charge >= 0.3 is 0 Å². The molecule has 0 aliphatic carbocycles. The van der Waals surface area contributed by atoms with Crippen LogP contribution >= 0.6 is 0 Å². The van der Waals surface area contributed by atoms with E-state index in [1.165, 1.54) is 0 Å². The Kier molecular flexibility index (Phi) is 5.69. The van der Waals surface area contributed by atoms with Crippen molar-refractivity contribution in [3.63, 3.8) is 0 Å². The monoisotopic (exact) mass is 422 g/mol. The molecule has 1 atom stereocenters. The van der Waals surface area contributed by atoms with Crippen LogP contribution in [0.5, 0.6) is 17.2 Å². The molecule has 29 heavy (non-hydrogen) atoms. The van der Waals surface area contributed by atoms with Crippen LogP contribution in [0.15, 0.2) is 18.2 Å². The average Bonchev–Trinajstić information content (AvgIpc) is 3.11. The summed E-state index contributed by atoms with van der Waals surface area (Å²) in [5.41, 5.74) is 0.800. The van der Waals surface area contributed by atoms with E-state index in [1.807, 2.05) is 12.1 Å². The summed E-state index contributed by atoms with van der Waals surface area (Å²) >= 11 is 0. The van der Waals surface area contributed by atoms with Crippen molar-refractivity contribution < 1.29 is 27.4 Å². The third-order valence-electron chi connectivity index (χ3n) is 5.62. The zero-order chi connectivity index (χ0) is 20.4. The van der Waals surface area contributed by atoms with Crippen LogP contribution < -0.4 is 14.2 Å². The predicted molar refractivity (Wildman–Crippen MR) is 108 cm³/mol. The first-order chi connectivity index (χ1) is 13.9. The maximum absolute atomic E-state index is 12.6. The number of piperazine rings is 1. The van der Waals surface area contributed by atoms with Crippen LogP contribution in [0.2, 0.25) is 0 Å². The van der Waals surface area contributed by atoms with E-state index in [9.17, 15) is 13.2 Å². The average molecular weight is 423 g/mol. The molecule has 4 rings (SSSR count). The maximum Gasteiger partial charge on any atom is 0.246 e. The highest BCUT2D eigenvalue weighted by molar-refractivity contribution is 7.91. The Labute approximate surface area is 170 Å². The van der Waals surface area contributed by atoms with Crippen molar-refractivity contribution in [1.29, 1.82) is 0 Å². The molecule has 1 aromatic rings. The second-order valence-electron chi connectivity index (χ2n) is 7.50. The normalized spacial score (nSPS) is 24.0. The van der Waals surface area contributed by atoms with Crippen molar-refractivity contribution in [2.24, 2.45) is 0 Å². The summed E-state index contributed by atoms with van der Waals surface area (Å²) in [7, 11) is -1.32. The predicted octanol–water partition coefficient (Wildman–Crippen LogP) is 0.811. The molecule has 8 nitrogen and oxygen atoms in total. The topological polar surface area (TPSA) is 85.4 Å². The Morgan fingerprint density at radius 1 is 1.17 bits per heavy atom. The number of fused-ring (bicyclic) bond motifs is 1. The molecule has 1 unspecified atom stereocenters. The molecule has 0 aromatic heterocycles. The van der Waals surface area contributed by atoms with E-state index in [2.05, 4.69) is 4.90 Å². The molecular formula is C20H26N2O6S. The number of hydrogen-bond donors (Lipinski definition) is 0. The molecule has 0 radical (unpaired) electrons. The summed E-state index contributed by atoms with van der Waals surface area (Å²) in [5.74, 6) is 2.24. The van der Waals surface area contributed by atoms with Crippen LogP contribution in [0.3, 0.4) is 0 Å². The maximum atomic E-state index is 12.6. The fourth-order valence-electron chi connectivity index (χ4n) is 4.03. The van der Waals surface area contributed by atoms with E-state index in [0.717, 1.165) is 5.56 Å². The van der Waals surface area contributed by atoms with E-state index in [0.29, 0.717) is 63.1 Å². The fourth-order valence-corrected chi connectivity index (χ4v) is 5.79. The van der Waals surface area contributed by atoms with Gasteiger partial charge in [0.2, 0.25) is 11.7 Å². The first-order valence-electron chi connectivity index (χ1n) is 9.84. The summed E-state index contributed by atoms with van der Waals surface area (Å²) in [4.78, 5) is 16.6. The van der Waals surface area contributed by atoms with E-state index in [4.69, 9.17) is 14.2 Å². The van der Waals surface area contributed by atoms with E-state index in [-0.39, 0.29) is 23.5 Å². The number of carbonyl (C=O) groups excluding carboxylic acids is 1. The minimum Gasteiger partial charge on any atom is -0.493 e. The highest BCUT2D eigenvalue weighted by atomic mass is 32.2. The third kappa shape index (κ3) is 4.51. The Hall–Kier alpha value is -2.26. The number of amides is 1. The van der Waals surface area contributed by atoms with Gasteiger partial charge in [-0.2, -0.15) is 0 Å². The van der Waals surface area contributed by atoms with E-state index < -0.39 is 9.84 Å². The number of carbonyl (C=O) groups is 1. The first kappa shape index (κ1) is 20.0. The lowest BCUT2D eigenvalue weighted by molar-refractivity contribution is -0.127. The highest BCUT2D eigenvalue weighted by Crippen LogP contribution is 2.40. The van der Waals surface area contributed by atoms with Gasteiger partial charge in [-0.15, -0.1) is 0 Å². The molecule has 158 valence electrons. The number of methoxy groups -OCH3 is 1. The van der Waals surface area contributed by atoms with Crippen molar-refractivity contribution in [1.82, 2.24) is 9.80 Å². The molecule has 1 amide bonds. The quantitative estimate of drug-likeness (QED) is 0.664. The standard InChI is InChI=1S/C20H26N2O6S/c1-26-17-12-15(13-18-20(17)28-10-9-27-18)2-3-19(23)22-7-5-21(6-8-22)16-4-11-29(24,25)14-16/h2-3,12-13,16H,4-11,14H2,1H3/b3-2+. The Bertz CT molecular complexity index is 889.